The Morgan fingerprint density at radius 1 is 1.05 bits per heavy atom. The van der Waals surface area contributed by atoms with Crippen LogP contribution in [-0.4, -0.2) is 31.2 Å². The smallest absolute Gasteiger partial charge is 0.232 e. The van der Waals surface area contributed by atoms with Crippen molar-refractivity contribution in [1.29, 1.82) is 0 Å². The summed E-state index contributed by atoms with van der Waals surface area (Å²) in [6, 6.07) is 7.91. The van der Waals surface area contributed by atoms with Gasteiger partial charge in [-0.25, -0.2) is 4.39 Å². The standard InChI is InChI=1S/C14H16FN3O2/c1-18(9-10-4-6-11(15)7-5-10)14-16-12(19-2)8-13(17-14)20-3/h4-8H,9H2,1-3H3. The normalized spacial score (nSPS) is 10.2. The minimum Gasteiger partial charge on any atom is -0.481 e. The van der Waals surface area contributed by atoms with Gasteiger partial charge in [-0.2, -0.15) is 9.97 Å². The molecule has 6 heteroatoms. The van der Waals surface area contributed by atoms with Crippen molar-refractivity contribution in [2.24, 2.45) is 0 Å². The van der Waals surface area contributed by atoms with Gasteiger partial charge in [0.15, 0.2) is 0 Å². The van der Waals surface area contributed by atoms with Crippen molar-refractivity contribution in [3.05, 3.63) is 41.7 Å². The molecule has 0 atom stereocenters. The molecule has 106 valence electrons. The Morgan fingerprint density at radius 2 is 1.60 bits per heavy atom. The van der Waals surface area contributed by atoms with Crippen molar-refractivity contribution in [3.63, 3.8) is 0 Å². The number of methoxy groups -OCH3 is 2. The first-order valence-electron chi connectivity index (χ1n) is 6.05. The first-order chi connectivity index (χ1) is 9.62. The molecule has 2 aromatic rings. The van der Waals surface area contributed by atoms with Crippen LogP contribution in [0.25, 0.3) is 0 Å². The zero-order chi connectivity index (χ0) is 14.5. The number of anilines is 1. The summed E-state index contributed by atoms with van der Waals surface area (Å²) in [4.78, 5) is 10.3. The lowest BCUT2D eigenvalue weighted by Crippen LogP contribution is -2.19. The third-order valence-corrected chi connectivity index (χ3v) is 2.76. The highest BCUT2D eigenvalue weighted by Gasteiger charge is 2.10. The molecule has 0 amide bonds. The Balaban J connectivity index is 2.19. The van der Waals surface area contributed by atoms with Gasteiger partial charge in [0.05, 0.1) is 20.3 Å². The van der Waals surface area contributed by atoms with Crippen molar-refractivity contribution in [2.75, 3.05) is 26.2 Å². The van der Waals surface area contributed by atoms with Gasteiger partial charge >= 0.3 is 0 Å². The maximum absolute atomic E-state index is 12.9. The van der Waals surface area contributed by atoms with Gasteiger partial charge in [-0.05, 0) is 17.7 Å². The third-order valence-electron chi connectivity index (χ3n) is 2.76. The van der Waals surface area contributed by atoms with Crippen molar-refractivity contribution >= 4 is 5.95 Å². The molecule has 0 aliphatic carbocycles. The molecule has 1 aromatic heterocycles. The van der Waals surface area contributed by atoms with Gasteiger partial charge in [-0.1, -0.05) is 12.1 Å². The zero-order valence-corrected chi connectivity index (χ0v) is 11.6. The van der Waals surface area contributed by atoms with E-state index in [2.05, 4.69) is 9.97 Å². The van der Waals surface area contributed by atoms with E-state index in [0.29, 0.717) is 24.3 Å². The van der Waals surface area contributed by atoms with E-state index in [1.54, 1.807) is 18.2 Å². The molecule has 5 nitrogen and oxygen atoms in total. The zero-order valence-electron chi connectivity index (χ0n) is 11.6. The van der Waals surface area contributed by atoms with E-state index < -0.39 is 0 Å². The molecule has 0 fully saturated rings. The largest absolute Gasteiger partial charge is 0.481 e. The van der Waals surface area contributed by atoms with Crippen molar-refractivity contribution in [1.82, 2.24) is 9.97 Å². The van der Waals surface area contributed by atoms with Crippen LogP contribution in [-0.2, 0) is 6.54 Å². The van der Waals surface area contributed by atoms with E-state index in [-0.39, 0.29) is 5.82 Å². The minimum absolute atomic E-state index is 0.254. The molecular weight excluding hydrogens is 261 g/mol. The molecule has 0 N–H and O–H groups in total. The number of ether oxygens (including phenoxy) is 2. The van der Waals surface area contributed by atoms with Crippen LogP contribution in [0.5, 0.6) is 11.8 Å². The number of halogens is 1. The quantitative estimate of drug-likeness (QED) is 0.839. The Labute approximate surface area is 117 Å². The van der Waals surface area contributed by atoms with Crippen molar-refractivity contribution < 1.29 is 13.9 Å². The fourth-order valence-electron chi connectivity index (χ4n) is 1.71. The molecule has 0 unspecified atom stereocenters. The summed E-state index contributed by atoms with van der Waals surface area (Å²) < 4.78 is 23.1. The molecule has 0 saturated heterocycles. The van der Waals surface area contributed by atoms with Crippen LogP contribution >= 0.6 is 0 Å². The maximum atomic E-state index is 12.9. The van der Waals surface area contributed by atoms with Gasteiger partial charge in [-0.15, -0.1) is 0 Å². The molecule has 0 aliphatic rings. The third kappa shape index (κ3) is 3.34. The van der Waals surface area contributed by atoms with Crippen LogP contribution in [0.4, 0.5) is 10.3 Å². The first kappa shape index (κ1) is 14.0. The molecule has 1 aromatic carbocycles. The predicted molar refractivity (Wildman–Crippen MR) is 73.6 cm³/mol. The van der Waals surface area contributed by atoms with Gasteiger partial charge in [0, 0.05) is 13.6 Å². The van der Waals surface area contributed by atoms with Gasteiger partial charge in [0.1, 0.15) is 5.82 Å². The topological polar surface area (TPSA) is 47.5 Å². The maximum Gasteiger partial charge on any atom is 0.232 e. The number of nitrogens with zero attached hydrogens (tertiary/aromatic N) is 3. The minimum atomic E-state index is -0.254. The molecule has 0 spiro atoms. The summed E-state index contributed by atoms with van der Waals surface area (Å²) in [6.07, 6.45) is 0. The fourth-order valence-corrected chi connectivity index (χ4v) is 1.71. The molecular formula is C14H16FN3O2. The molecule has 0 bridgehead atoms. The van der Waals surface area contributed by atoms with E-state index in [4.69, 9.17) is 9.47 Å². The van der Waals surface area contributed by atoms with E-state index in [9.17, 15) is 4.39 Å². The molecule has 0 aliphatic heterocycles. The highest BCUT2D eigenvalue weighted by atomic mass is 19.1. The average molecular weight is 277 g/mol. The number of hydrogen-bond acceptors (Lipinski definition) is 5. The summed E-state index contributed by atoms with van der Waals surface area (Å²) >= 11 is 0. The molecule has 20 heavy (non-hydrogen) atoms. The Morgan fingerprint density at radius 3 is 2.10 bits per heavy atom. The van der Waals surface area contributed by atoms with Crippen LogP contribution in [0.1, 0.15) is 5.56 Å². The lowest BCUT2D eigenvalue weighted by molar-refractivity contribution is 0.372. The van der Waals surface area contributed by atoms with Gasteiger partial charge in [0.25, 0.3) is 0 Å². The second-order valence-electron chi connectivity index (χ2n) is 4.24. The van der Waals surface area contributed by atoms with E-state index in [1.807, 2.05) is 11.9 Å². The Hall–Kier alpha value is -2.37. The van der Waals surface area contributed by atoms with Gasteiger partial charge < -0.3 is 14.4 Å². The Bertz CT molecular complexity index is 553. The lowest BCUT2D eigenvalue weighted by atomic mass is 10.2. The monoisotopic (exact) mass is 277 g/mol. The first-order valence-corrected chi connectivity index (χ1v) is 6.05. The van der Waals surface area contributed by atoms with Crippen LogP contribution in [0, 0.1) is 5.82 Å². The van der Waals surface area contributed by atoms with Crippen LogP contribution in [0.2, 0.25) is 0 Å². The lowest BCUT2D eigenvalue weighted by Gasteiger charge is -2.18. The van der Waals surface area contributed by atoms with Crippen molar-refractivity contribution in [3.8, 4) is 11.8 Å². The summed E-state index contributed by atoms with van der Waals surface area (Å²) in [5, 5.41) is 0. The number of benzene rings is 1. The highest BCUT2D eigenvalue weighted by Crippen LogP contribution is 2.20. The van der Waals surface area contributed by atoms with E-state index in [0.717, 1.165) is 5.56 Å². The SMILES string of the molecule is COc1cc(OC)nc(N(C)Cc2ccc(F)cc2)n1. The van der Waals surface area contributed by atoms with Crippen LogP contribution in [0.3, 0.4) is 0 Å². The fraction of sp³-hybridized carbons (Fsp3) is 0.286. The van der Waals surface area contributed by atoms with E-state index in [1.165, 1.54) is 26.4 Å². The highest BCUT2D eigenvalue weighted by molar-refractivity contribution is 5.37. The van der Waals surface area contributed by atoms with Gasteiger partial charge in [-0.3, -0.25) is 0 Å². The summed E-state index contributed by atoms with van der Waals surface area (Å²) in [7, 11) is 4.91. The number of hydrogen-bond donors (Lipinski definition) is 0. The predicted octanol–water partition coefficient (Wildman–Crippen LogP) is 2.27. The molecule has 0 saturated carbocycles. The average Bonchev–Trinajstić information content (AvgIpc) is 2.48. The molecule has 1 heterocycles. The van der Waals surface area contributed by atoms with Crippen LogP contribution in [0.15, 0.2) is 30.3 Å². The van der Waals surface area contributed by atoms with E-state index >= 15 is 0 Å². The van der Waals surface area contributed by atoms with Crippen LogP contribution < -0.4 is 14.4 Å². The Kier molecular flexibility index (Phi) is 4.34. The molecule has 0 radical (unpaired) electrons. The molecule has 2 rings (SSSR count). The van der Waals surface area contributed by atoms with Crippen molar-refractivity contribution in [2.45, 2.75) is 6.54 Å². The summed E-state index contributed by atoms with van der Waals surface area (Å²) in [6.45, 7) is 0.552. The number of aromatic nitrogens is 2. The second kappa shape index (κ2) is 6.18. The number of rotatable bonds is 5. The summed E-state index contributed by atoms with van der Waals surface area (Å²) in [5.74, 6) is 1.08. The van der Waals surface area contributed by atoms with Gasteiger partial charge in [0.2, 0.25) is 17.7 Å². The summed E-state index contributed by atoms with van der Waals surface area (Å²) in [5.41, 5.74) is 0.958. The second-order valence-corrected chi connectivity index (χ2v) is 4.24.